The van der Waals surface area contributed by atoms with E-state index in [4.69, 9.17) is 4.74 Å². The molecule has 0 radical (unpaired) electrons. The fourth-order valence-electron chi connectivity index (χ4n) is 3.73. The average Bonchev–Trinajstić information content (AvgIpc) is 3.21. The Morgan fingerprint density at radius 3 is 2.80 bits per heavy atom. The maximum Gasteiger partial charge on any atom is 0.412 e. The number of carbonyl (C=O) groups excluding carboxylic acids is 1. The van der Waals surface area contributed by atoms with Crippen molar-refractivity contribution >= 4 is 23.2 Å². The number of ketones is 1. The molecule has 3 rings (SSSR count). The molecule has 0 bridgehead atoms. The maximum atomic E-state index is 12.9. The molecule has 7 heteroatoms. The summed E-state index contributed by atoms with van der Waals surface area (Å²) in [6.07, 6.45) is 4.99. The van der Waals surface area contributed by atoms with Crippen LogP contribution in [0.2, 0.25) is 0 Å². The molecule has 1 atom stereocenters. The summed E-state index contributed by atoms with van der Waals surface area (Å²) in [5.74, 6) is 1.21. The van der Waals surface area contributed by atoms with Gasteiger partial charge in [-0.15, -0.1) is 11.3 Å². The zero-order chi connectivity index (χ0) is 21.8. The molecule has 1 unspecified atom stereocenters. The zero-order valence-corrected chi connectivity index (χ0v) is 18.9. The summed E-state index contributed by atoms with van der Waals surface area (Å²) in [6.45, 7) is 7.38. The van der Waals surface area contributed by atoms with Crippen LogP contribution < -0.4 is 0 Å². The number of rotatable bonds is 8. The number of thiophene rings is 1. The molecule has 1 amide bonds. The van der Waals surface area contributed by atoms with E-state index >= 15 is 0 Å². The van der Waals surface area contributed by atoms with Gasteiger partial charge in [-0.3, -0.25) is 9.69 Å². The lowest BCUT2D eigenvalue weighted by molar-refractivity contribution is -0.119. The third kappa shape index (κ3) is 4.61. The number of fused-ring (bicyclic) bond motifs is 1. The first-order valence-corrected chi connectivity index (χ1v) is 11.3. The summed E-state index contributed by atoms with van der Waals surface area (Å²) in [5, 5.41) is 11.7. The van der Waals surface area contributed by atoms with Gasteiger partial charge in [0.25, 0.3) is 0 Å². The fourth-order valence-corrected chi connectivity index (χ4v) is 4.55. The SMILES string of the molecule is CCCCOC1=C(N(C)C(=O)O)N(CC(C)C)C=C2CC(=O)C(c3cccs3)C=C21. The second kappa shape index (κ2) is 9.51. The van der Waals surface area contributed by atoms with Crippen molar-refractivity contribution in [1.29, 1.82) is 0 Å². The van der Waals surface area contributed by atoms with Gasteiger partial charge in [0.1, 0.15) is 5.78 Å². The molecule has 30 heavy (non-hydrogen) atoms. The molecule has 1 aromatic heterocycles. The molecule has 0 saturated heterocycles. The van der Waals surface area contributed by atoms with Gasteiger partial charge in [-0.2, -0.15) is 0 Å². The number of hydrogen-bond acceptors (Lipinski definition) is 5. The monoisotopic (exact) mass is 430 g/mol. The van der Waals surface area contributed by atoms with Gasteiger partial charge in [0.05, 0.1) is 12.5 Å². The number of amides is 1. The molecular weight excluding hydrogens is 400 g/mol. The average molecular weight is 431 g/mol. The van der Waals surface area contributed by atoms with Crippen molar-refractivity contribution in [2.75, 3.05) is 20.2 Å². The van der Waals surface area contributed by atoms with Crippen molar-refractivity contribution in [3.8, 4) is 0 Å². The zero-order valence-electron chi connectivity index (χ0n) is 18.1. The number of ether oxygens (including phenoxy) is 1. The van der Waals surface area contributed by atoms with Crippen molar-refractivity contribution < 1.29 is 19.4 Å². The minimum Gasteiger partial charge on any atom is -0.489 e. The molecule has 1 aliphatic carbocycles. The van der Waals surface area contributed by atoms with Crippen LogP contribution in [0.4, 0.5) is 4.79 Å². The highest BCUT2D eigenvalue weighted by molar-refractivity contribution is 7.10. The number of Topliss-reactive ketones (excluding diaryl/α,β-unsaturated/α-hetero) is 1. The Morgan fingerprint density at radius 2 is 2.20 bits per heavy atom. The molecule has 0 saturated carbocycles. The lowest BCUT2D eigenvalue weighted by Gasteiger charge is -2.38. The van der Waals surface area contributed by atoms with Crippen molar-refractivity contribution in [3.05, 3.63) is 57.4 Å². The number of carbonyl (C=O) groups is 2. The number of hydrogen-bond donors (Lipinski definition) is 1. The van der Waals surface area contributed by atoms with Crippen LogP contribution >= 0.6 is 11.3 Å². The summed E-state index contributed by atoms with van der Waals surface area (Å²) >= 11 is 1.56. The van der Waals surface area contributed by atoms with Crippen LogP contribution in [0.1, 0.15) is 50.8 Å². The van der Waals surface area contributed by atoms with Crippen LogP contribution in [0, 0.1) is 5.92 Å². The molecule has 6 nitrogen and oxygen atoms in total. The Balaban J connectivity index is 2.13. The molecule has 1 N–H and O–H groups in total. The first kappa shape index (κ1) is 22.2. The van der Waals surface area contributed by atoms with E-state index < -0.39 is 6.09 Å². The highest BCUT2D eigenvalue weighted by Crippen LogP contribution is 2.42. The van der Waals surface area contributed by atoms with Gasteiger partial charge in [0.15, 0.2) is 11.6 Å². The molecule has 1 aromatic rings. The van der Waals surface area contributed by atoms with Crippen LogP contribution in [-0.2, 0) is 9.53 Å². The van der Waals surface area contributed by atoms with Gasteiger partial charge in [-0.25, -0.2) is 4.79 Å². The minimum absolute atomic E-state index is 0.153. The number of allylic oxidation sites excluding steroid dienone is 2. The summed E-state index contributed by atoms with van der Waals surface area (Å²) in [4.78, 5) is 28.9. The summed E-state index contributed by atoms with van der Waals surface area (Å²) in [6, 6.07) is 3.92. The van der Waals surface area contributed by atoms with Crippen molar-refractivity contribution in [1.82, 2.24) is 9.80 Å². The first-order valence-electron chi connectivity index (χ1n) is 10.4. The highest BCUT2D eigenvalue weighted by atomic mass is 32.1. The molecule has 2 aliphatic rings. The second-order valence-corrected chi connectivity index (χ2v) is 9.09. The van der Waals surface area contributed by atoms with Gasteiger partial charge >= 0.3 is 6.09 Å². The summed E-state index contributed by atoms with van der Waals surface area (Å²) < 4.78 is 6.21. The van der Waals surface area contributed by atoms with E-state index in [1.54, 1.807) is 11.3 Å². The Bertz CT molecular complexity index is 883. The smallest absolute Gasteiger partial charge is 0.412 e. The molecule has 0 fully saturated rings. The minimum atomic E-state index is -1.05. The molecule has 1 aliphatic heterocycles. The van der Waals surface area contributed by atoms with Crippen molar-refractivity contribution in [3.63, 3.8) is 0 Å². The topological polar surface area (TPSA) is 70.1 Å². The molecule has 0 spiro atoms. The van der Waals surface area contributed by atoms with E-state index in [2.05, 4.69) is 20.8 Å². The predicted octanol–water partition coefficient (Wildman–Crippen LogP) is 5.18. The fraction of sp³-hybridized carbons (Fsp3) is 0.478. The summed E-state index contributed by atoms with van der Waals surface area (Å²) in [7, 11) is 1.54. The van der Waals surface area contributed by atoms with Crippen molar-refractivity contribution in [2.45, 2.75) is 46.0 Å². The predicted molar refractivity (Wildman–Crippen MR) is 118 cm³/mol. The molecule has 2 heterocycles. The van der Waals surface area contributed by atoms with Crippen LogP contribution in [0.25, 0.3) is 0 Å². The van der Waals surface area contributed by atoms with Gasteiger partial charge in [0, 0.05) is 36.7 Å². The highest BCUT2D eigenvalue weighted by Gasteiger charge is 2.37. The van der Waals surface area contributed by atoms with Crippen molar-refractivity contribution in [2.24, 2.45) is 5.92 Å². The Kier molecular flexibility index (Phi) is 7.02. The van der Waals surface area contributed by atoms with E-state index in [1.807, 2.05) is 34.7 Å². The Hall–Kier alpha value is -2.54. The van der Waals surface area contributed by atoms with E-state index in [9.17, 15) is 14.7 Å². The lowest BCUT2D eigenvalue weighted by Crippen LogP contribution is -2.40. The standard InChI is InChI=1S/C23H30N2O4S/c1-5-6-9-29-21-17-12-18(20-8-7-10-30-20)19(26)11-16(17)14-25(13-15(2)3)22(21)24(4)23(27)28/h7-8,10,12,14-15,18H,5-6,9,11,13H2,1-4H3,(H,27,28). The Morgan fingerprint density at radius 1 is 1.43 bits per heavy atom. The van der Waals surface area contributed by atoms with E-state index in [0.717, 1.165) is 28.9 Å². The molecule has 162 valence electrons. The van der Waals surface area contributed by atoms with Gasteiger partial charge in [-0.05, 0) is 29.4 Å². The quantitative estimate of drug-likeness (QED) is 0.575. The third-order valence-electron chi connectivity index (χ3n) is 5.18. The molecule has 0 aromatic carbocycles. The van der Waals surface area contributed by atoms with Crippen LogP contribution in [0.15, 0.2) is 52.5 Å². The van der Waals surface area contributed by atoms with Gasteiger partial charge in [-0.1, -0.05) is 39.3 Å². The van der Waals surface area contributed by atoms with E-state index in [0.29, 0.717) is 37.1 Å². The number of carboxylic acid groups (broad SMARTS) is 1. The summed E-state index contributed by atoms with van der Waals surface area (Å²) in [5.41, 5.74) is 1.73. The number of nitrogens with zero attached hydrogens (tertiary/aromatic N) is 2. The van der Waals surface area contributed by atoms with Gasteiger partial charge < -0.3 is 14.7 Å². The lowest BCUT2D eigenvalue weighted by atomic mass is 9.83. The number of unbranched alkanes of at least 4 members (excludes halogenated alkanes) is 1. The van der Waals surface area contributed by atoms with E-state index in [1.165, 1.54) is 11.9 Å². The largest absolute Gasteiger partial charge is 0.489 e. The first-order chi connectivity index (χ1) is 14.3. The Labute approximate surface area is 182 Å². The molecular formula is C23H30N2O4S. The maximum absolute atomic E-state index is 12.9. The van der Waals surface area contributed by atoms with E-state index in [-0.39, 0.29) is 11.7 Å². The van der Waals surface area contributed by atoms with Gasteiger partial charge in [0.2, 0.25) is 0 Å². The van der Waals surface area contributed by atoms with Crippen LogP contribution in [0.3, 0.4) is 0 Å². The second-order valence-electron chi connectivity index (χ2n) is 8.11. The third-order valence-corrected chi connectivity index (χ3v) is 6.14. The normalized spacial score (nSPS) is 18.9. The van der Waals surface area contributed by atoms with Crippen LogP contribution in [-0.4, -0.2) is 47.0 Å². The van der Waals surface area contributed by atoms with Crippen LogP contribution in [0.5, 0.6) is 0 Å².